The summed E-state index contributed by atoms with van der Waals surface area (Å²) in [6.45, 7) is 5.65. The highest BCUT2D eigenvalue weighted by Crippen LogP contribution is 2.23. The fourth-order valence-corrected chi connectivity index (χ4v) is 1.84. The van der Waals surface area contributed by atoms with E-state index in [1.165, 1.54) is 5.56 Å². The van der Waals surface area contributed by atoms with Crippen LogP contribution in [0.15, 0.2) is 24.5 Å². The van der Waals surface area contributed by atoms with Gasteiger partial charge in [-0.25, -0.2) is 4.68 Å². The van der Waals surface area contributed by atoms with Gasteiger partial charge in [0.05, 0.1) is 11.4 Å². The SMILES string of the molecule is CCCn1nc(C)c(N)c1NCc1ccncc1. The third kappa shape index (κ3) is 2.61. The molecule has 5 nitrogen and oxygen atoms in total. The molecule has 2 rings (SSSR count). The number of rotatable bonds is 5. The van der Waals surface area contributed by atoms with E-state index in [2.05, 4.69) is 22.3 Å². The summed E-state index contributed by atoms with van der Waals surface area (Å²) in [6, 6.07) is 3.97. The smallest absolute Gasteiger partial charge is 0.148 e. The Morgan fingerprint density at radius 3 is 2.72 bits per heavy atom. The minimum Gasteiger partial charge on any atom is -0.394 e. The molecule has 0 unspecified atom stereocenters. The maximum Gasteiger partial charge on any atom is 0.148 e. The zero-order valence-corrected chi connectivity index (χ0v) is 10.8. The van der Waals surface area contributed by atoms with Crippen LogP contribution in [0.1, 0.15) is 24.6 Å². The zero-order chi connectivity index (χ0) is 13.0. The highest BCUT2D eigenvalue weighted by atomic mass is 15.3. The second-order valence-corrected chi connectivity index (χ2v) is 4.28. The van der Waals surface area contributed by atoms with Gasteiger partial charge in [-0.3, -0.25) is 4.98 Å². The Bertz CT molecular complexity index is 504. The number of anilines is 2. The predicted molar refractivity (Wildman–Crippen MR) is 73.2 cm³/mol. The van der Waals surface area contributed by atoms with Crippen LogP contribution in [0, 0.1) is 6.92 Å². The number of nitrogens with two attached hydrogens (primary N) is 1. The molecule has 5 heteroatoms. The molecule has 0 saturated carbocycles. The van der Waals surface area contributed by atoms with Crippen molar-refractivity contribution in [1.82, 2.24) is 14.8 Å². The maximum absolute atomic E-state index is 6.04. The average molecular weight is 245 g/mol. The summed E-state index contributed by atoms with van der Waals surface area (Å²) < 4.78 is 1.94. The third-order valence-corrected chi connectivity index (χ3v) is 2.82. The molecule has 0 amide bonds. The van der Waals surface area contributed by atoms with Gasteiger partial charge in [0.2, 0.25) is 0 Å². The summed E-state index contributed by atoms with van der Waals surface area (Å²) in [5.41, 5.74) is 8.82. The Morgan fingerprint density at radius 1 is 1.33 bits per heavy atom. The molecular formula is C13H19N5. The van der Waals surface area contributed by atoms with E-state index in [1.807, 2.05) is 23.7 Å². The van der Waals surface area contributed by atoms with Crippen LogP contribution in [0.25, 0.3) is 0 Å². The average Bonchev–Trinajstić information content (AvgIpc) is 2.65. The van der Waals surface area contributed by atoms with Crippen molar-refractivity contribution < 1.29 is 0 Å². The number of nitrogens with one attached hydrogen (secondary N) is 1. The van der Waals surface area contributed by atoms with E-state index in [0.29, 0.717) is 0 Å². The number of aromatic nitrogens is 3. The number of pyridine rings is 1. The molecule has 0 bridgehead atoms. The molecule has 0 spiro atoms. The summed E-state index contributed by atoms with van der Waals surface area (Å²) in [5, 5.41) is 7.78. The lowest BCUT2D eigenvalue weighted by Gasteiger charge is -2.10. The van der Waals surface area contributed by atoms with Crippen molar-refractivity contribution in [3.63, 3.8) is 0 Å². The van der Waals surface area contributed by atoms with Gasteiger partial charge in [-0.1, -0.05) is 6.92 Å². The standard InChI is InChI=1S/C13H19N5/c1-3-8-18-13(12(14)10(2)17-18)16-9-11-4-6-15-7-5-11/h4-7,16H,3,8-9,14H2,1-2H3. The van der Waals surface area contributed by atoms with Gasteiger partial charge in [-0.2, -0.15) is 5.10 Å². The highest BCUT2D eigenvalue weighted by molar-refractivity contribution is 5.64. The van der Waals surface area contributed by atoms with Gasteiger partial charge in [0, 0.05) is 25.5 Å². The summed E-state index contributed by atoms with van der Waals surface area (Å²) in [6.07, 6.45) is 4.61. The van der Waals surface area contributed by atoms with Crippen molar-refractivity contribution in [2.24, 2.45) is 0 Å². The van der Waals surface area contributed by atoms with Gasteiger partial charge in [0.25, 0.3) is 0 Å². The molecular weight excluding hydrogens is 226 g/mol. The molecule has 2 aromatic heterocycles. The maximum atomic E-state index is 6.04. The molecule has 96 valence electrons. The number of nitrogen functional groups attached to an aromatic ring is 1. The van der Waals surface area contributed by atoms with Crippen molar-refractivity contribution in [3.05, 3.63) is 35.8 Å². The van der Waals surface area contributed by atoms with Crippen molar-refractivity contribution in [2.75, 3.05) is 11.1 Å². The van der Waals surface area contributed by atoms with E-state index in [9.17, 15) is 0 Å². The van der Waals surface area contributed by atoms with Crippen LogP contribution >= 0.6 is 0 Å². The Balaban J connectivity index is 2.13. The Kier molecular flexibility index (Phi) is 3.82. The molecule has 0 atom stereocenters. The number of nitrogens with zero attached hydrogens (tertiary/aromatic N) is 3. The molecule has 0 aromatic carbocycles. The predicted octanol–water partition coefficient (Wildman–Crippen LogP) is 2.19. The van der Waals surface area contributed by atoms with Gasteiger partial charge in [0.1, 0.15) is 5.82 Å². The lowest BCUT2D eigenvalue weighted by atomic mass is 10.2. The lowest BCUT2D eigenvalue weighted by molar-refractivity contribution is 0.603. The second kappa shape index (κ2) is 5.53. The summed E-state index contributed by atoms with van der Waals surface area (Å²) in [7, 11) is 0. The van der Waals surface area contributed by atoms with Crippen LogP contribution in [-0.4, -0.2) is 14.8 Å². The molecule has 2 aromatic rings. The summed E-state index contributed by atoms with van der Waals surface area (Å²) in [5.74, 6) is 0.908. The summed E-state index contributed by atoms with van der Waals surface area (Å²) >= 11 is 0. The van der Waals surface area contributed by atoms with E-state index in [0.717, 1.165) is 36.7 Å². The third-order valence-electron chi connectivity index (χ3n) is 2.82. The Hall–Kier alpha value is -2.04. The van der Waals surface area contributed by atoms with Gasteiger partial charge in [-0.05, 0) is 31.0 Å². The van der Waals surface area contributed by atoms with Crippen molar-refractivity contribution in [2.45, 2.75) is 33.4 Å². The van der Waals surface area contributed by atoms with Crippen LogP contribution in [0.3, 0.4) is 0 Å². The Labute approximate surface area is 107 Å². The summed E-state index contributed by atoms with van der Waals surface area (Å²) in [4.78, 5) is 4.00. The minimum absolute atomic E-state index is 0.724. The van der Waals surface area contributed by atoms with E-state index in [1.54, 1.807) is 12.4 Å². The fraction of sp³-hybridized carbons (Fsp3) is 0.385. The molecule has 2 heterocycles. The molecule has 0 aliphatic carbocycles. The van der Waals surface area contributed by atoms with E-state index in [-0.39, 0.29) is 0 Å². The molecule has 0 fully saturated rings. The number of aryl methyl sites for hydroxylation is 2. The van der Waals surface area contributed by atoms with Gasteiger partial charge in [0.15, 0.2) is 0 Å². The van der Waals surface area contributed by atoms with Crippen LogP contribution in [0.5, 0.6) is 0 Å². The molecule has 18 heavy (non-hydrogen) atoms. The molecule has 0 radical (unpaired) electrons. The minimum atomic E-state index is 0.724. The first-order valence-electron chi connectivity index (χ1n) is 6.18. The first-order valence-corrected chi connectivity index (χ1v) is 6.18. The Morgan fingerprint density at radius 2 is 2.06 bits per heavy atom. The monoisotopic (exact) mass is 245 g/mol. The van der Waals surface area contributed by atoms with Gasteiger partial charge in [-0.15, -0.1) is 0 Å². The van der Waals surface area contributed by atoms with E-state index >= 15 is 0 Å². The van der Waals surface area contributed by atoms with E-state index in [4.69, 9.17) is 5.73 Å². The molecule has 0 saturated heterocycles. The first kappa shape index (κ1) is 12.4. The highest BCUT2D eigenvalue weighted by Gasteiger charge is 2.11. The van der Waals surface area contributed by atoms with Crippen LogP contribution in [0.4, 0.5) is 11.5 Å². The topological polar surface area (TPSA) is 68.8 Å². The van der Waals surface area contributed by atoms with Crippen LogP contribution in [0.2, 0.25) is 0 Å². The number of hydrogen-bond donors (Lipinski definition) is 2. The van der Waals surface area contributed by atoms with Gasteiger partial charge < -0.3 is 11.1 Å². The fourth-order valence-electron chi connectivity index (χ4n) is 1.84. The zero-order valence-electron chi connectivity index (χ0n) is 10.8. The lowest BCUT2D eigenvalue weighted by Crippen LogP contribution is -2.09. The molecule has 0 aliphatic heterocycles. The largest absolute Gasteiger partial charge is 0.394 e. The normalized spacial score (nSPS) is 10.6. The molecule has 3 N–H and O–H groups in total. The molecule has 0 aliphatic rings. The van der Waals surface area contributed by atoms with Crippen LogP contribution in [-0.2, 0) is 13.1 Å². The van der Waals surface area contributed by atoms with Crippen LogP contribution < -0.4 is 11.1 Å². The van der Waals surface area contributed by atoms with Crippen molar-refractivity contribution in [1.29, 1.82) is 0 Å². The second-order valence-electron chi connectivity index (χ2n) is 4.28. The van der Waals surface area contributed by atoms with Gasteiger partial charge >= 0.3 is 0 Å². The van der Waals surface area contributed by atoms with E-state index < -0.39 is 0 Å². The van der Waals surface area contributed by atoms with Crippen molar-refractivity contribution >= 4 is 11.5 Å². The first-order chi connectivity index (χ1) is 8.72. The van der Waals surface area contributed by atoms with Crippen molar-refractivity contribution in [3.8, 4) is 0 Å². The number of hydrogen-bond acceptors (Lipinski definition) is 4. The quantitative estimate of drug-likeness (QED) is 0.847.